The lowest BCUT2D eigenvalue weighted by Crippen LogP contribution is -2.24. The maximum Gasteiger partial charge on any atom is 0.294 e. The standard InChI is InChI=1S/C12H14ClN3O2.C7H8O3S/c1-8(17)16-11-3-2-9(6-10(11)13)18-7-12-14-4-5-15-12;1-6-2-4-7(5-3-6)11(8,9)10/h2-3,6H,4-5,7H2,1H3,(H,14,15)(H,16,17);2-5H,1H3,(H,8,9,10). The van der Waals surface area contributed by atoms with Gasteiger partial charge < -0.3 is 15.4 Å². The fourth-order valence-electron chi connectivity index (χ4n) is 2.28. The maximum atomic E-state index is 10.9. The number of halogens is 1. The van der Waals surface area contributed by atoms with Crippen LogP contribution in [-0.2, 0) is 14.9 Å². The number of amides is 1. The molecule has 0 saturated carbocycles. The van der Waals surface area contributed by atoms with Crippen molar-refractivity contribution in [2.24, 2.45) is 4.99 Å². The molecule has 156 valence electrons. The summed E-state index contributed by atoms with van der Waals surface area (Å²) in [5, 5.41) is 6.20. The summed E-state index contributed by atoms with van der Waals surface area (Å²) < 4.78 is 35.1. The minimum Gasteiger partial charge on any atom is -0.486 e. The van der Waals surface area contributed by atoms with Crippen LogP contribution in [-0.4, -0.2) is 44.4 Å². The van der Waals surface area contributed by atoms with Crippen LogP contribution in [0.15, 0.2) is 52.4 Å². The fraction of sp³-hybridized carbons (Fsp3) is 0.263. The maximum absolute atomic E-state index is 10.9. The molecule has 3 rings (SSSR count). The highest BCUT2D eigenvalue weighted by Crippen LogP contribution is 2.26. The molecule has 8 nitrogen and oxygen atoms in total. The molecule has 10 heteroatoms. The lowest BCUT2D eigenvalue weighted by molar-refractivity contribution is -0.114. The molecule has 0 spiro atoms. The van der Waals surface area contributed by atoms with Crippen LogP contribution < -0.4 is 15.4 Å². The van der Waals surface area contributed by atoms with Crippen molar-refractivity contribution in [2.45, 2.75) is 18.7 Å². The molecule has 2 aromatic carbocycles. The lowest BCUT2D eigenvalue weighted by Gasteiger charge is -2.09. The number of hydrogen-bond acceptors (Lipinski definition) is 6. The van der Waals surface area contributed by atoms with Gasteiger partial charge in [-0.1, -0.05) is 29.3 Å². The van der Waals surface area contributed by atoms with Crippen LogP contribution in [0.2, 0.25) is 5.02 Å². The van der Waals surface area contributed by atoms with Crippen molar-refractivity contribution in [3.8, 4) is 5.75 Å². The molecule has 29 heavy (non-hydrogen) atoms. The molecule has 1 heterocycles. The van der Waals surface area contributed by atoms with E-state index in [0.29, 0.717) is 23.1 Å². The van der Waals surface area contributed by atoms with Gasteiger partial charge >= 0.3 is 0 Å². The van der Waals surface area contributed by atoms with Gasteiger partial charge in [0.2, 0.25) is 5.91 Å². The Kier molecular flexibility index (Phi) is 8.00. The predicted octanol–water partition coefficient (Wildman–Crippen LogP) is 2.92. The normalized spacial score (nSPS) is 12.9. The number of nitrogens with one attached hydrogen (secondary N) is 2. The molecule has 2 aromatic rings. The molecule has 0 fully saturated rings. The number of ether oxygens (including phenoxy) is 1. The zero-order valence-corrected chi connectivity index (χ0v) is 17.5. The van der Waals surface area contributed by atoms with Crippen molar-refractivity contribution in [3.05, 3.63) is 53.1 Å². The minimum atomic E-state index is -4.02. The van der Waals surface area contributed by atoms with E-state index in [2.05, 4.69) is 15.6 Å². The second-order valence-electron chi connectivity index (χ2n) is 6.15. The van der Waals surface area contributed by atoms with E-state index in [-0.39, 0.29) is 10.8 Å². The van der Waals surface area contributed by atoms with Crippen LogP contribution in [0.3, 0.4) is 0 Å². The molecule has 3 N–H and O–H groups in total. The first-order chi connectivity index (χ1) is 13.6. The Bertz CT molecular complexity index is 991. The summed E-state index contributed by atoms with van der Waals surface area (Å²) in [7, 11) is -4.02. The highest BCUT2D eigenvalue weighted by molar-refractivity contribution is 7.85. The van der Waals surface area contributed by atoms with Crippen LogP contribution >= 0.6 is 11.6 Å². The van der Waals surface area contributed by atoms with Crippen molar-refractivity contribution in [1.82, 2.24) is 5.32 Å². The number of rotatable bonds is 5. The van der Waals surface area contributed by atoms with E-state index < -0.39 is 10.1 Å². The first-order valence-electron chi connectivity index (χ1n) is 8.66. The molecule has 0 radical (unpaired) electrons. The van der Waals surface area contributed by atoms with Gasteiger partial charge in [0.15, 0.2) is 0 Å². The van der Waals surface area contributed by atoms with Gasteiger partial charge in [0.05, 0.1) is 22.2 Å². The molecular formula is C19H22ClN3O5S. The highest BCUT2D eigenvalue weighted by Gasteiger charge is 2.08. The Hall–Kier alpha value is -2.62. The molecule has 0 saturated heterocycles. The Morgan fingerprint density at radius 1 is 1.28 bits per heavy atom. The van der Waals surface area contributed by atoms with Crippen molar-refractivity contribution in [1.29, 1.82) is 0 Å². The zero-order chi connectivity index (χ0) is 21.4. The van der Waals surface area contributed by atoms with Crippen molar-refractivity contribution < 1.29 is 22.5 Å². The third-order valence-electron chi connectivity index (χ3n) is 3.69. The summed E-state index contributed by atoms with van der Waals surface area (Å²) in [5.74, 6) is 1.33. The third kappa shape index (κ3) is 7.72. The Labute approximate surface area is 174 Å². The molecule has 0 atom stereocenters. The van der Waals surface area contributed by atoms with E-state index in [9.17, 15) is 13.2 Å². The van der Waals surface area contributed by atoms with Gasteiger partial charge in [-0.2, -0.15) is 8.42 Å². The van der Waals surface area contributed by atoms with E-state index in [1.54, 1.807) is 30.3 Å². The quantitative estimate of drug-likeness (QED) is 0.616. The SMILES string of the molecule is CC(=O)Nc1ccc(OCC2=NCCN2)cc1Cl.Cc1ccc(S(=O)(=O)O)cc1. The van der Waals surface area contributed by atoms with Gasteiger partial charge in [-0.15, -0.1) is 0 Å². The van der Waals surface area contributed by atoms with E-state index >= 15 is 0 Å². The second-order valence-corrected chi connectivity index (χ2v) is 7.98. The Morgan fingerprint density at radius 2 is 1.97 bits per heavy atom. The number of aliphatic imine (C=N–C) groups is 1. The number of anilines is 1. The highest BCUT2D eigenvalue weighted by atomic mass is 35.5. The molecule has 0 aliphatic carbocycles. The first kappa shape index (κ1) is 22.7. The average molecular weight is 440 g/mol. The number of amidine groups is 1. The van der Waals surface area contributed by atoms with Crippen LogP contribution in [0, 0.1) is 6.92 Å². The summed E-state index contributed by atoms with van der Waals surface area (Å²) in [6.45, 7) is 5.33. The second kappa shape index (κ2) is 10.2. The van der Waals surface area contributed by atoms with Crippen molar-refractivity contribution in [2.75, 3.05) is 25.0 Å². The summed E-state index contributed by atoms with van der Waals surface area (Å²) >= 11 is 6.03. The number of hydrogen-bond donors (Lipinski definition) is 3. The van der Waals surface area contributed by atoms with Crippen LogP contribution in [0.4, 0.5) is 5.69 Å². The number of carbonyl (C=O) groups is 1. The molecule has 0 unspecified atom stereocenters. The average Bonchev–Trinajstić information content (AvgIpc) is 3.15. The summed E-state index contributed by atoms with van der Waals surface area (Å²) in [4.78, 5) is 15.1. The van der Waals surface area contributed by atoms with Gasteiger partial charge in [0, 0.05) is 19.5 Å². The molecule has 0 aromatic heterocycles. The third-order valence-corrected chi connectivity index (χ3v) is 4.87. The van der Waals surface area contributed by atoms with Crippen molar-refractivity contribution >= 4 is 39.1 Å². The number of carbonyl (C=O) groups excluding carboxylic acids is 1. The smallest absolute Gasteiger partial charge is 0.294 e. The zero-order valence-electron chi connectivity index (χ0n) is 16.0. The fourth-order valence-corrected chi connectivity index (χ4v) is 2.98. The van der Waals surface area contributed by atoms with E-state index in [1.165, 1.54) is 19.1 Å². The van der Waals surface area contributed by atoms with Crippen LogP contribution in [0.5, 0.6) is 5.75 Å². The summed E-state index contributed by atoms with van der Waals surface area (Å²) in [6.07, 6.45) is 0. The number of aryl methyl sites for hydroxylation is 1. The van der Waals surface area contributed by atoms with Gasteiger partial charge in [0.1, 0.15) is 18.2 Å². The topological polar surface area (TPSA) is 117 Å². The van der Waals surface area contributed by atoms with Gasteiger partial charge in [-0.05, 0) is 31.2 Å². The molecule has 1 aliphatic heterocycles. The molecule has 0 bridgehead atoms. The summed E-state index contributed by atoms with van der Waals surface area (Å²) in [6, 6.07) is 11.1. The Balaban J connectivity index is 0.000000234. The van der Waals surface area contributed by atoms with E-state index in [4.69, 9.17) is 20.9 Å². The predicted molar refractivity (Wildman–Crippen MR) is 113 cm³/mol. The first-order valence-corrected chi connectivity index (χ1v) is 10.5. The van der Waals surface area contributed by atoms with Crippen LogP contribution in [0.25, 0.3) is 0 Å². The lowest BCUT2D eigenvalue weighted by atomic mass is 10.2. The Morgan fingerprint density at radius 3 is 2.48 bits per heavy atom. The monoisotopic (exact) mass is 439 g/mol. The van der Waals surface area contributed by atoms with Gasteiger partial charge in [-0.25, -0.2) is 0 Å². The van der Waals surface area contributed by atoms with Gasteiger partial charge in [-0.3, -0.25) is 14.3 Å². The minimum absolute atomic E-state index is 0.0666. The number of nitrogens with zero attached hydrogens (tertiary/aromatic N) is 1. The largest absolute Gasteiger partial charge is 0.486 e. The van der Waals surface area contributed by atoms with E-state index in [1.807, 2.05) is 6.92 Å². The van der Waals surface area contributed by atoms with E-state index in [0.717, 1.165) is 24.5 Å². The van der Waals surface area contributed by atoms with Crippen molar-refractivity contribution in [3.63, 3.8) is 0 Å². The molecule has 1 aliphatic rings. The number of benzene rings is 2. The van der Waals surface area contributed by atoms with Gasteiger partial charge in [0.25, 0.3) is 10.1 Å². The van der Waals surface area contributed by atoms with Crippen LogP contribution in [0.1, 0.15) is 12.5 Å². The molecule has 1 amide bonds. The molecular weight excluding hydrogens is 418 g/mol. The summed E-state index contributed by atoms with van der Waals surface area (Å²) in [5.41, 5.74) is 1.53.